The lowest BCUT2D eigenvalue weighted by Crippen LogP contribution is -2.37. The van der Waals surface area contributed by atoms with Gasteiger partial charge in [0.25, 0.3) is 0 Å². The molecule has 1 atom stereocenters. The van der Waals surface area contributed by atoms with E-state index in [2.05, 4.69) is 5.32 Å². The predicted octanol–water partition coefficient (Wildman–Crippen LogP) is 0.225. The number of nitrogens with one attached hydrogen (secondary N) is 1. The molecule has 0 bridgehead atoms. The van der Waals surface area contributed by atoms with E-state index in [0.717, 1.165) is 6.42 Å². The van der Waals surface area contributed by atoms with Gasteiger partial charge < -0.3 is 0 Å². The first kappa shape index (κ1) is 6.99. The van der Waals surface area contributed by atoms with E-state index in [9.17, 15) is 9.59 Å². The Morgan fingerprint density at radius 2 is 2.30 bits per heavy atom. The first-order chi connectivity index (χ1) is 4.74. The highest BCUT2D eigenvalue weighted by atomic mass is 16.2. The van der Waals surface area contributed by atoms with Crippen LogP contribution in [0.25, 0.3) is 0 Å². The van der Waals surface area contributed by atoms with Crippen molar-refractivity contribution in [2.24, 2.45) is 5.92 Å². The zero-order chi connectivity index (χ0) is 7.56. The molecule has 3 heteroatoms. The number of carbonyl (C=O) groups is 2. The number of amides is 2. The Morgan fingerprint density at radius 1 is 1.60 bits per heavy atom. The minimum Gasteiger partial charge on any atom is -0.292 e. The van der Waals surface area contributed by atoms with Crippen LogP contribution in [-0.2, 0) is 9.59 Å². The molecule has 1 aliphatic heterocycles. The Kier molecular flexibility index (Phi) is 1.85. The Balaban J connectivity index is 2.71. The largest absolute Gasteiger partial charge is 0.292 e. The lowest BCUT2D eigenvalue weighted by molar-refractivity contribution is -0.130. The van der Waals surface area contributed by atoms with Gasteiger partial charge in [0.2, 0.25) is 11.8 Å². The summed E-state index contributed by atoms with van der Waals surface area (Å²) in [5.41, 5.74) is 0. The van der Waals surface area contributed by atoms with Gasteiger partial charge in [-0.15, -0.1) is 0 Å². The van der Waals surface area contributed by atoms with Crippen LogP contribution in [0.3, 0.4) is 0 Å². The summed E-state index contributed by atoms with van der Waals surface area (Å²) in [6, 6.07) is 0. The summed E-state index contributed by atoms with van der Waals surface area (Å²) in [5.74, 6) is -0.609. The molecule has 0 saturated heterocycles. The van der Waals surface area contributed by atoms with Crippen LogP contribution in [-0.4, -0.2) is 11.8 Å². The molecule has 0 saturated carbocycles. The quantitative estimate of drug-likeness (QED) is 0.528. The second kappa shape index (κ2) is 2.64. The molecule has 54 valence electrons. The fourth-order valence-corrected chi connectivity index (χ4v) is 0.868. The van der Waals surface area contributed by atoms with Crippen LogP contribution >= 0.6 is 0 Å². The molecule has 0 radical (unpaired) electrons. The molecule has 1 aliphatic rings. The zero-order valence-corrected chi connectivity index (χ0v) is 5.76. The van der Waals surface area contributed by atoms with Gasteiger partial charge in [-0.25, -0.2) is 0 Å². The van der Waals surface area contributed by atoms with Crippen molar-refractivity contribution < 1.29 is 9.59 Å². The number of imide groups is 1. The number of rotatable bonds is 1. The summed E-state index contributed by atoms with van der Waals surface area (Å²) in [5, 5.41) is 2.22. The summed E-state index contributed by atoms with van der Waals surface area (Å²) >= 11 is 0. The lowest BCUT2D eigenvalue weighted by atomic mass is 10.0. The highest BCUT2D eigenvalue weighted by Gasteiger charge is 2.18. The molecular weight excluding hydrogens is 130 g/mol. The van der Waals surface area contributed by atoms with E-state index in [0.29, 0.717) is 0 Å². The number of carbonyl (C=O) groups excluding carboxylic acids is 2. The Morgan fingerprint density at radius 3 is 2.80 bits per heavy atom. The van der Waals surface area contributed by atoms with E-state index in [1.165, 1.54) is 6.08 Å². The third-order valence-corrected chi connectivity index (χ3v) is 1.50. The van der Waals surface area contributed by atoms with E-state index in [1.807, 2.05) is 6.92 Å². The summed E-state index contributed by atoms with van der Waals surface area (Å²) in [6.07, 6.45) is 3.78. The van der Waals surface area contributed by atoms with E-state index < -0.39 is 0 Å². The molecule has 0 fully saturated rings. The van der Waals surface area contributed by atoms with Crippen molar-refractivity contribution in [3.8, 4) is 0 Å². The van der Waals surface area contributed by atoms with Crippen molar-refractivity contribution in [2.45, 2.75) is 13.3 Å². The molecule has 0 aromatic heterocycles. The maximum Gasteiger partial charge on any atom is 0.250 e. The van der Waals surface area contributed by atoms with Gasteiger partial charge in [-0.3, -0.25) is 14.9 Å². The molecule has 0 aliphatic carbocycles. The van der Waals surface area contributed by atoms with Gasteiger partial charge in [0.05, 0.1) is 5.92 Å². The molecule has 1 unspecified atom stereocenters. The van der Waals surface area contributed by atoms with Crippen molar-refractivity contribution in [1.29, 1.82) is 0 Å². The fourth-order valence-electron chi connectivity index (χ4n) is 0.868. The summed E-state index contributed by atoms with van der Waals surface area (Å²) < 4.78 is 0. The first-order valence-corrected chi connectivity index (χ1v) is 3.27. The first-order valence-electron chi connectivity index (χ1n) is 3.27. The summed E-state index contributed by atoms with van der Waals surface area (Å²) in [6.45, 7) is 1.91. The van der Waals surface area contributed by atoms with Gasteiger partial charge in [0, 0.05) is 6.08 Å². The van der Waals surface area contributed by atoms with Gasteiger partial charge in [-0.1, -0.05) is 13.0 Å². The molecular formula is C7H9NO2. The van der Waals surface area contributed by atoms with Crippen molar-refractivity contribution in [3.05, 3.63) is 12.2 Å². The second-order valence-electron chi connectivity index (χ2n) is 2.23. The Bertz CT molecular complexity index is 196. The SMILES string of the molecule is CCC1C=CC(=O)NC1=O. The Labute approximate surface area is 59.1 Å². The maximum atomic E-state index is 10.9. The topological polar surface area (TPSA) is 46.2 Å². The van der Waals surface area contributed by atoms with Gasteiger partial charge in [-0.05, 0) is 6.42 Å². The standard InChI is InChI=1S/C7H9NO2/c1-2-5-3-4-6(9)8-7(5)10/h3-5H,2H2,1H3,(H,8,9,10). The van der Waals surface area contributed by atoms with Crippen LogP contribution in [0.15, 0.2) is 12.2 Å². The van der Waals surface area contributed by atoms with Crippen LogP contribution in [0.5, 0.6) is 0 Å². The molecule has 0 aromatic carbocycles. The second-order valence-corrected chi connectivity index (χ2v) is 2.23. The van der Waals surface area contributed by atoms with Crippen LogP contribution < -0.4 is 5.32 Å². The molecule has 1 N–H and O–H groups in total. The van der Waals surface area contributed by atoms with Crippen LogP contribution in [0.2, 0.25) is 0 Å². The predicted molar refractivity (Wildman–Crippen MR) is 36.1 cm³/mol. The van der Waals surface area contributed by atoms with Crippen LogP contribution in [0, 0.1) is 5.92 Å². The van der Waals surface area contributed by atoms with Gasteiger partial charge in [-0.2, -0.15) is 0 Å². The molecule has 2 amide bonds. The molecule has 1 rings (SSSR count). The normalized spacial score (nSPS) is 24.7. The van der Waals surface area contributed by atoms with Gasteiger partial charge >= 0.3 is 0 Å². The third-order valence-electron chi connectivity index (χ3n) is 1.50. The average Bonchev–Trinajstić information content (AvgIpc) is 1.88. The zero-order valence-electron chi connectivity index (χ0n) is 5.76. The summed E-state index contributed by atoms with van der Waals surface area (Å²) in [4.78, 5) is 21.4. The van der Waals surface area contributed by atoms with E-state index in [4.69, 9.17) is 0 Å². The third kappa shape index (κ3) is 1.23. The van der Waals surface area contributed by atoms with E-state index in [1.54, 1.807) is 6.08 Å². The molecule has 0 aromatic rings. The number of hydrogen-bond acceptors (Lipinski definition) is 2. The summed E-state index contributed by atoms with van der Waals surface area (Å²) in [7, 11) is 0. The Hall–Kier alpha value is -1.12. The van der Waals surface area contributed by atoms with Crippen molar-refractivity contribution in [2.75, 3.05) is 0 Å². The highest BCUT2D eigenvalue weighted by Crippen LogP contribution is 2.07. The highest BCUT2D eigenvalue weighted by molar-refractivity contribution is 6.05. The van der Waals surface area contributed by atoms with Crippen molar-refractivity contribution >= 4 is 11.8 Å². The van der Waals surface area contributed by atoms with Crippen LogP contribution in [0.1, 0.15) is 13.3 Å². The molecule has 1 heterocycles. The molecule has 0 spiro atoms. The number of hydrogen-bond donors (Lipinski definition) is 1. The van der Waals surface area contributed by atoms with Gasteiger partial charge in [0.1, 0.15) is 0 Å². The average molecular weight is 139 g/mol. The fraction of sp³-hybridized carbons (Fsp3) is 0.429. The van der Waals surface area contributed by atoms with Crippen LogP contribution in [0.4, 0.5) is 0 Å². The minimum atomic E-state index is -0.310. The van der Waals surface area contributed by atoms with Gasteiger partial charge in [0.15, 0.2) is 0 Å². The maximum absolute atomic E-state index is 10.9. The van der Waals surface area contributed by atoms with Crippen molar-refractivity contribution in [3.63, 3.8) is 0 Å². The van der Waals surface area contributed by atoms with E-state index in [-0.39, 0.29) is 17.7 Å². The van der Waals surface area contributed by atoms with E-state index >= 15 is 0 Å². The van der Waals surface area contributed by atoms with Crippen molar-refractivity contribution in [1.82, 2.24) is 5.32 Å². The smallest absolute Gasteiger partial charge is 0.250 e. The lowest BCUT2D eigenvalue weighted by Gasteiger charge is -2.12. The minimum absolute atomic E-state index is 0.113. The monoisotopic (exact) mass is 139 g/mol. The molecule has 3 nitrogen and oxygen atoms in total. The molecule has 10 heavy (non-hydrogen) atoms.